The van der Waals surface area contributed by atoms with E-state index in [1.165, 1.54) is 0 Å². The molecule has 0 saturated heterocycles. The molecule has 0 heterocycles. The van der Waals surface area contributed by atoms with Crippen LogP contribution < -0.4 is 0 Å². The van der Waals surface area contributed by atoms with Gasteiger partial charge in [0.1, 0.15) is 63.5 Å². The Hall–Kier alpha value is -3.36. The normalized spacial score (nSPS) is 11.1. The molecule has 0 radical (unpaired) electrons. The second-order valence-electron chi connectivity index (χ2n) is 7.79. The average molecular weight is 900 g/mol. The van der Waals surface area contributed by atoms with Crippen molar-refractivity contribution >= 4 is 67.8 Å². The van der Waals surface area contributed by atoms with Crippen LogP contribution in [0.2, 0.25) is 0 Å². The van der Waals surface area contributed by atoms with Crippen LogP contribution in [0.4, 0.5) is 0 Å². The Balaban J connectivity index is 0.000000569. The smallest absolute Gasteiger partial charge is 0.744 e. The van der Waals surface area contributed by atoms with Crippen LogP contribution in [0.15, 0.2) is 117 Å². The maximum absolute atomic E-state index is 10.3. The van der Waals surface area contributed by atoms with Gasteiger partial charge in [0.25, 0.3) is 0 Å². The molecule has 0 atom stereocenters. The molecule has 0 aliphatic rings. The minimum Gasteiger partial charge on any atom is -0.744 e. The zero-order valence-electron chi connectivity index (χ0n) is 22.1. The number of aromatic hydroxyl groups is 4. The molecule has 45 heavy (non-hydrogen) atoms. The van der Waals surface area contributed by atoms with Gasteiger partial charge in [-0.05, 0) is 97.1 Å². The van der Waals surface area contributed by atoms with E-state index in [4.69, 9.17) is 20.4 Å². The zero-order chi connectivity index (χ0) is 33.9. The van der Waals surface area contributed by atoms with E-state index < -0.39 is 40.5 Å². The molecule has 0 saturated carbocycles. The zero-order valence-corrected chi connectivity index (χ0v) is 29.2. The topological polar surface area (TPSA) is 310 Å². The Kier molecular flexibility index (Phi) is 16.1. The molecule has 16 nitrogen and oxygen atoms in total. The van der Waals surface area contributed by atoms with E-state index in [2.05, 4.69) is 0 Å². The van der Waals surface area contributed by atoms with E-state index in [0.717, 1.165) is 97.1 Å². The molecule has 0 aliphatic heterocycles. The molecular formula is C24H20O16PbS4. The van der Waals surface area contributed by atoms with Gasteiger partial charge in [-0.1, -0.05) is 0 Å². The predicted octanol–water partition coefficient (Wildman–Crippen LogP) is 0.804. The summed E-state index contributed by atoms with van der Waals surface area (Å²) in [5, 5.41) is 34.9. The van der Waals surface area contributed by atoms with Crippen molar-refractivity contribution in [2.24, 2.45) is 0 Å². The molecule has 240 valence electrons. The monoisotopic (exact) mass is 900 g/mol. The van der Waals surface area contributed by atoms with Gasteiger partial charge in [0.05, 0.1) is 19.6 Å². The second-order valence-corrected chi connectivity index (χ2v) is 13.3. The second kappa shape index (κ2) is 17.4. The fourth-order valence-corrected chi connectivity index (χ4v) is 4.33. The average Bonchev–Trinajstić information content (AvgIpc) is 2.89. The summed E-state index contributed by atoms with van der Waals surface area (Å²) in [4.78, 5) is -1.35. The molecule has 4 N–H and O–H groups in total. The summed E-state index contributed by atoms with van der Waals surface area (Å²) >= 11 is 0. The predicted molar refractivity (Wildman–Crippen MR) is 150 cm³/mol. The SMILES string of the molecule is O=S(=O)([O-])c1ccc(O)cc1.O=S(=O)([O-])c1ccc(O)cc1.O=S(=O)([O-])c1ccc(O)cc1.O=S(=O)([O-])c1ccc(O)cc1.[Pb+4]. The standard InChI is InChI=1S/4C6H6O4S.Pb/c4*7-5-1-3-6(4-2-5)11(8,9)10;/h4*1-4,7H,(H,8,9,10);/q;;;;+4/p-4. The van der Waals surface area contributed by atoms with E-state index in [0.29, 0.717) is 0 Å². The first-order chi connectivity index (χ1) is 20.0. The molecule has 21 heteroatoms. The van der Waals surface area contributed by atoms with Crippen molar-refractivity contribution in [2.45, 2.75) is 19.6 Å². The van der Waals surface area contributed by atoms with Crippen molar-refractivity contribution in [2.75, 3.05) is 0 Å². The van der Waals surface area contributed by atoms with Crippen LogP contribution in [0.5, 0.6) is 23.0 Å². The van der Waals surface area contributed by atoms with Gasteiger partial charge < -0.3 is 38.6 Å². The van der Waals surface area contributed by atoms with Crippen LogP contribution in [0.1, 0.15) is 0 Å². The molecule has 4 rings (SSSR count). The van der Waals surface area contributed by atoms with Gasteiger partial charge in [0, 0.05) is 0 Å². The maximum Gasteiger partial charge on any atom is 4.00 e. The molecule has 4 aromatic rings. The summed E-state index contributed by atoms with van der Waals surface area (Å²) in [6.45, 7) is 0. The van der Waals surface area contributed by atoms with Crippen LogP contribution >= 0.6 is 0 Å². The third kappa shape index (κ3) is 16.5. The number of hydrogen-bond donors (Lipinski definition) is 4. The van der Waals surface area contributed by atoms with E-state index in [1.807, 2.05) is 0 Å². The Labute approximate surface area is 278 Å². The van der Waals surface area contributed by atoms with Crippen LogP contribution in [0.3, 0.4) is 0 Å². The van der Waals surface area contributed by atoms with Gasteiger partial charge in [0.2, 0.25) is 0 Å². The first-order valence-electron chi connectivity index (χ1n) is 11.0. The summed E-state index contributed by atoms with van der Waals surface area (Å²) in [7, 11) is -17.5. The van der Waals surface area contributed by atoms with Crippen LogP contribution in [-0.4, -0.2) is 99.6 Å². The Morgan fingerprint density at radius 2 is 0.422 bits per heavy atom. The minimum absolute atomic E-state index is 0. The van der Waals surface area contributed by atoms with Crippen molar-refractivity contribution in [1.82, 2.24) is 0 Å². The van der Waals surface area contributed by atoms with Gasteiger partial charge in [0.15, 0.2) is 0 Å². The first kappa shape index (κ1) is 41.6. The fourth-order valence-electron chi connectivity index (χ4n) is 2.45. The van der Waals surface area contributed by atoms with Crippen LogP contribution in [-0.2, 0) is 40.5 Å². The summed E-state index contributed by atoms with van der Waals surface area (Å²) in [5.74, 6) is -0.287. The molecule has 0 aliphatic carbocycles. The molecule has 0 amide bonds. The third-order valence-corrected chi connectivity index (χ3v) is 7.90. The number of rotatable bonds is 4. The van der Waals surface area contributed by atoms with Crippen LogP contribution in [0, 0.1) is 0 Å². The van der Waals surface area contributed by atoms with Crippen molar-refractivity contribution in [3.05, 3.63) is 97.1 Å². The summed E-state index contributed by atoms with van der Waals surface area (Å²) in [5.41, 5.74) is 0. The summed E-state index contributed by atoms with van der Waals surface area (Å²) in [6, 6.07) is 17.6. The molecule has 0 spiro atoms. The Morgan fingerprint density at radius 3 is 0.511 bits per heavy atom. The third-order valence-electron chi connectivity index (χ3n) is 4.50. The van der Waals surface area contributed by atoms with E-state index in [9.17, 15) is 51.9 Å². The van der Waals surface area contributed by atoms with E-state index >= 15 is 0 Å². The van der Waals surface area contributed by atoms with Gasteiger partial charge in [-0.15, -0.1) is 0 Å². The van der Waals surface area contributed by atoms with Gasteiger partial charge >= 0.3 is 27.3 Å². The van der Waals surface area contributed by atoms with Crippen molar-refractivity contribution in [3.8, 4) is 23.0 Å². The largest absolute Gasteiger partial charge is 4.00 e. The van der Waals surface area contributed by atoms with Crippen molar-refractivity contribution in [1.29, 1.82) is 0 Å². The van der Waals surface area contributed by atoms with Gasteiger partial charge in [-0.2, -0.15) is 0 Å². The van der Waals surface area contributed by atoms with Crippen molar-refractivity contribution < 1.29 is 72.3 Å². The molecule has 4 aromatic carbocycles. The Morgan fingerprint density at radius 1 is 0.311 bits per heavy atom. The number of benzene rings is 4. The van der Waals surface area contributed by atoms with Crippen molar-refractivity contribution in [3.63, 3.8) is 0 Å². The quantitative estimate of drug-likeness (QED) is 0.163. The molecular weight excluding hydrogens is 880 g/mol. The number of hydrogen-bond acceptors (Lipinski definition) is 16. The minimum atomic E-state index is -4.38. The maximum atomic E-state index is 10.3. The first-order valence-corrected chi connectivity index (χ1v) is 16.6. The molecule has 0 unspecified atom stereocenters. The number of phenols is 4. The van der Waals surface area contributed by atoms with E-state index in [1.54, 1.807) is 0 Å². The number of phenolic OH excluding ortho intramolecular Hbond substituents is 4. The summed E-state index contributed by atoms with van der Waals surface area (Å²) < 4.78 is 124. The molecule has 0 fully saturated rings. The van der Waals surface area contributed by atoms with E-state index in [-0.39, 0.29) is 69.9 Å². The van der Waals surface area contributed by atoms with Gasteiger partial charge in [-0.3, -0.25) is 0 Å². The summed E-state index contributed by atoms with van der Waals surface area (Å²) in [6.07, 6.45) is 0. The molecule has 0 bridgehead atoms. The van der Waals surface area contributed by atoms with Gasteiger partial charge in [-0.25, -0.2) is 33.7 Å². The van der Waals surface area contributed by atoms with Crippen LogP contribution in [0.25, 0.3) is 0 Å². The molecule has 0 aromatic heterocycles. The fraction of sp³-hybridized carbons (Fsp3) is 0. The Bertz CT molecular complexity index is 1650.